The Morgan fingerprint density at radius 2 is 1.75 bits per heavy atom. The largest absolute Gasteiger partial charge is 0.310 e. The first-order valence-electron chi connectivity index (χ1n) is 6.36. The Morgan fingerprint density at radius 3 is 2.25 bits per heavy atom. The number of rotatable bonds is 6. The molecule has 0 bridgehead atoms. The molecule has 1 aromatic rings. The van der Waals surface area contributed by atoms with Gasteiger partial charge in [0.1, 0.15) is 0 Å². The van der Waals surface area contributed by atoms with Crippen LogP contribution in [-0.4, -0.2) is 11.5 Å². The minimum absolute atomic E-state index is 0.491. The zero-order chi connectivity index (χ0) is 12.0. The molecule has 0 spiro atoms. The maximum atomic E-state index is 4.43. The smallest absolute Gasteiger partial charge is 0.0379 e. The van der Waals surface area contributed by atoms with Crippen molar-refractivity contribution in [2.75, 3.05) is 6.54 Å². The standard InChI is InChI=1S/C14H24N2/c1-5-7-14(15-8-6-2)13-9-11(3)16-12(4)10-13/h9-10,14-15H,5-8H2,1-4H3. The normalized spacial score (nSPS) is 12.8. The summed E-state index contributed by atoms with van der Waals surface area (Å²) < 4.78 is 0. The molecule has 1 N–H and O–H groups in total. The third-order valence-electron chi connectivity index (χ3n) is 2.72. The first-order valence-corrected chi connectivity index (χ1v) is 6.36. The Labute approximate surface area is 99.5 Å². The van der Waals surface area contributed by atoms with Crippen molar-refractivity contribution in [3.63, 3.8) is 0 Å². The second-order valence-corrected chi connectivity index (χ2v) is 4.48. The summed E-state index contributed by atoms with van der Waals surface area (Å²) in [5.74, 6) is 0. The molecule has 1 aromatic heterocycles. The molecule has 1 rings (SSSR count). The summed E-state index contributed by atoms with van der Waals surface area (Å²) >= 11 is 0. The van der Waals surface area contributed by atoms with Crippen molar-refractivity contribution in [3.05, 3.63) is 29.1 Å². The van der Waals surface area contributed by atoms with E-state index in [0.29, 0.717) is 6.04 Å². The third-order valence-corrected chi connectivity index (χ3v) is 2.72. The van der Waals surface area contributed by atoms with Gasteiger partial charge < -0.3 is 5.32 Å². The van der Waals surface area contributed by atoms with E-state index in [2.05, 4.69) is 50.1 Å². The van der Waals surface area contributed by atoms with Crippen molar-refractivity contribution >= 4 is 0 Å². The van der Waals surface area contributed by atoms with Crippen LogP contribution in [0.3, 0.4) is 0 Å². The average molecular weight is 220 g/mol. The van der Waals surface area contributed by atoms with Crippen LogP contribution < -0.4 is 5.32 Å². The highest BCUT2D eigenvalue weighted by molar-refractivity contribution is 5.23. The van der Waals surface area contributed by atoms with Crippen LogP contribution in [0.4, 0.5) is 0 Å². The van der Waals surface area contributed by atoms with Crippen molar-refractivity contribution in [2.45, 2.75) is 53.0 Å². The lowest BCUT2D eigenvalue weighted by Gasteiger charge is -2.19. The lowest BCUT2D eigenvalue weighted by atomic mass is 10.0. The monoisotopic (exact) mass is 220 g/mol. The fraction of sp³-hybridized carbons (Fsp3) is 0.643. The van der Waals surface area contributed by atoms with Gasteiger partial charge in [0.25, 0.3) is 0 Å². The minimum Gasteiger partial charge on any atom is -0.310 e. The SMILES string of the molecule is CCCNC(CCC)c1cc(C)nc(C)c1. The fourth-order valence-electron chi connectivity index (χ4n) is 2.06. The van der Waals surface area contributed by atoms with E-state index >= 15 is 0 Å². The number of aromatic nitrogens is 1. The van der Waals surface area contributed by atoms with Crippen LogP contribution in [0, 0.1) is 13.8 Å². The van der Waals surface area contributed by atoms with E-state index in [1.165, 1.54) is 24.8 Å². The van der Waals surface area contributed by atoms with Crippen LogP contribution >= 0.6 is 0 Å². The van der Waals surface area contributed by atoms with Gasteiger partial charge in [0.2, 0.25) is 0 Å². The average Bonchev–Trinajstić information content (AvgIpc) is 2.22. The van der Waals surface area contributed by atoms with Gasteiger partial charge in [0.15, 0.2) is 0 Å². The Balaban J connectivity index is 2.82. The van der Waals surface area contributed by atoms with Crippen LogP contribution in [0.1, 0.15) is 56.1 Å². The molecule has 1 unspecified atom stereocenters. The topological polar surface area (TPSA) is 24.9 Å². The van der Waals surface area contributed by atoms with Gasteiger partial charge in [-0.1, -0.05) is 20.3 Å². The predicted molar refractivity (Wildman–Crippen MR) is 69.7 cm³/mol. The predicted octanol–water partition coefficient (Wildman–Crippen LogP) is 3.54. The summed E-state index contributed by atoms with van der Waals surface area (Å²) in [5, 5.41) is 3.61. The van der Waals surface area contributed by atoms with E-state index in [9.17, 15) is 0 Å². The summed E-state index contributed by atoms with van der Waals surface area (Å²) in [6.45, 7) is 9.67. The second-order valence-electron chi connectivity index (χ2n) is 4.48. The van der Waals surface area contributed by atoms with Crippen LogP contribution in [-0.2, 0) is 0 Å². The molecule has 0 amide bonds. The van der Waals surface area contributed by atoms with Gasteiger partial charge in [0.05, 0.1) is 0 Å². The Bertz CT molecular complexity index is 300. The first kappa shape index (κ1) is 13.2. The molecule has 0 aliphatic heterocycles. The van der Waals surface area contributed by atoms with E-state index < -0.39 is 0 Å². The Hall–Kier alpha value is -0.890. The summed E-state index contributed by atoms with van der Waals surface area (Å²) in [5.41, 5.74) is 3.63. The van der Waals surface area contributed by atoms with Crippen LogP contribution in [0.2, 0.25) is 0 Å². The summed E-state index contributed by atoms with van der Waals surface area (Å²) in [7, 11) is 0. The molecule has 2 nitrogen and oxygen atoms in total. The molecule has 0 saturated carbocycles. The summed E-state index contributed by atoms with van der Waals surface area (Å²) in [6, 6.07) is 4.90. The van der Waals surface area contributed by atoms with Crippen molar-refractivity contribution in [2.24, 2.45) is 0 Å². The van der Waals surface area contributed by atoms with E-state index in [0.717, 1.165) is 17.9 Å². The number of nitrogens with one attached hydrogen (secondary N) is 1. The molecule has 90 valence electrons. The number of hydrogen-bond acceptors (Lipinski definition) is 2. The molecule has 0 aliphatic rings. The van der Waals surface area contributed by atoms with Crippen molar-refractivity contribution in [1.29, 1.82) is 0 Å². The lowest BCUT2D eigenvalue weighted by molar-refractivity contribution is 0.493. The van der Waals surface area contributed by atoms with Crippen LogP contribution in [0.15, 0.2) is 12.1 Å². The molecule has 0 saturated heterocycles. The van der Waals surface area contributed by atoms with Crippen LogP contribution in [0.5, 0.6) is 0 Å². The number of nitrogens with zero attached hydrogens (tertiary/aromatic N) is 1. The molecule has 0 aliphatic carbocycles. The van der Waals surface area contributed by atoms with Crippen molar-refractivity contribution in [1.82, 2.24) is 10.3 Å². The second kappa shape index (κ2) is 6.64. The van der Waals surface area contributed by atoms with Gasteiger partial charge in [-0.2, -0.15) is 0 Å². The Morgan fingerprint density at radius 1 is 1.12 bits per heavy atom. The number of pyridine rings is 1. The number of hydrogen-bond donors (Lipinski definition) is 1. The summed E-state index contributed by atoms with van der Waals surface area (Å²) in [4.78, 5) is 4.43. The molecule has 0 radical (unpaired) electrons. The van der Waals surface area contributed by atoms with Crippen LogP contribution in [0.25, 0.3) is 0 Å². The fourth-order valence-corrected chi connectivity index (χ4v) is 2.06. The molecule has 16 heavy (non-hydrogen) atoms. The maximum absolute atomic E-state index is 4.43. The zero-order valence-electron chi connectivity index (χ0n) is 11.0. The molecule has 0 aromatic carbocycles. The van der Waals surface area contributed by atoms with Crippen molar-refractivity contribution < 1.29 is 0 Å². The van der Waals surface area contributed by atoms with Gasteiger partial charge in [-0.25, -0.2) is 0 Å². The lowest BCUT2D eigenvalue weighted by Crippen LogP contribution is -2.22. The van der Waals surface area contributed by atoms with Gasteiger partial charge in [-0.3, -0.25) is 4.98 Å². The zero-order valence-corrected chi connectivity index (χ0v) is 11.0. The van der Waals surface area contributed by atoms with E-state index in [1.54, 1.807) is 0 Å². The molecule has 2 heteroatoms. The summed E-state index contributed by atoms with van der Waals surface area (Å²) in [6.07, 6.45) is 3.59. The Kier molecular flexibility index (Phi) is 5.47. The molecule has 1 heterocycles. The van der Waals surface area contributed by atoms with Gasteiger partial charge in [-0.05, 0) is 50.9 Å². The van der Waals surface area contributed by atoms with E-state index in [-0.39, 0.29) is 0 Å². The highest BCUT2D eigenvalue weighted by Gasteiger charge is 2.10. The van der Waals surface area contributed by atoms with Gasteiger partial charge in [-0.15, -0.1) is 0 Å². The molecular formula is C14H24N2. The maximum Gasteiger partial charge on any atom is 0.0379 e. The first-order chi connectivity index (χ1) is 7.67. The quantitative estimate of drug-likeness (QED) is 0.793. The molecule has 0 fully saturated rings. The molecule has 1 atom stereocenters. The van der Waals surface area contributed by atoms with Gasteiger partial charge >= 0.3 is 0 Å². The molecular weight excluding hydrogens is 196 g/mol. The third kappa shape index (κ3) is 3.93. The van der Waals surface area contributed by atoms with E-state index in [1.807, 2.05) is 0 Å². The number of aryl methyl sites for hydroxylation is 2. The van der Waals surface area contributed by atoms with Gasteiger partial charge in [0, 0.05) is 17.4 Å². The highest BCUT2D eigenvalue weighted by atomic mass is 14.9. The minimum atomic E-state index is 0.491. The van der Waals surface area contributed by atoms with Crippen molar-refractivity contribution in [3.8, 4) is 0 Å². The highest BCUT2D eigenvalue weighted by Crippen LogP contribution is 2.19. The van der Waals surface area contributed by atoms with E-state index in [4.69, 9.17) is 0 Å².